The largest absolute Gasteiger partial charge is 0.307 e. The summed E-state index contributed by atoms with van der Waals surface area (Å²) in [6, 6.07) is 15.2. The molecule has 0 fully saturated rings. The lowest BCUT2D eigenvalue weighted by Gasteiger charge is -2.11. The predicted molar refractivity (Wildman–Crippen MR) is 107 cm³/mol. The van der Waals surface area contributed by atoms with Gasteiger partial charge in [0.2, 0.25) is 0 Å². The van der Waals surface area contributed by atoms with Gasteiger partial charge in [-0.15, -0.1) is 0 Å². The standard InChI is InChI=1S/C22H18N4O/c1-14-8-9-20(24-12-14)26-22(27)18-11-19(16-6-4-10-23-13-16)25-21-15(2)5-3-7-17(18)21/h3-13H,1-2H3,(H,24,26,27). The highest BCUT2D eigenvalue weighted by molar-refractivity contribution is 6.13. The number of amides is 1. The summed E-state index contributed by atoms with van der Waals surface area (Å²) in [5.74, 6) is 0.306. The van der Waals surface area contributed by atoms with Gasteiger partial charge in [0.15, 0.2) is 0 Å². The van der Waals surface area contributed by atoms with Crippen LogP contribution in [0.5, 0.6) is 0 Å². The van der Waals surface area contributed by atoms with E-state index in [2.05, 4.69) is 15.3 Å². The highest BCUT2D eigenvalue weighted by Crippen LogP contribution is 2.27. The summed E-state index contributed by atoms with van der Waals surface area (Å²) in [6.07, 6.45) is 5.19. The highest BCUT2D eigenvalue weighted by Gasteiger charge is 2.15. The van der Waals surface area contributed by atoms with E-state index in [1.54, 1.807) is 24.7 Å². The first-order chi connectivity index (χ1) is 13.1. The molecule has 1 aromatic carbocycles. The van der Waals surface area contributed by atoms with Crippen LogP contribution in [-0.2, 0) is 0 Å². The Morgan fingerprint density at radius 1 is 1.00 bits per heavy atom. The Morgan fingerprint density at radius 2 is 1.89 bits per heavy atom. The van der Waals surface area contributed by atoms with Gasteiger partial charge in [0.05, 0.1) is 16.8 Å². The van der Waals surface area contributed by atoms with Gasteiger partial charge in [0.1, 0.15) is 5.82 Å². The topological polar surface area (TPSA) is 67.8 Å². The fourth-order valence-corrected chi connectivity index (χ4v) is 2.97. The molecular formula is C22H18N4O. The Hall–Kier alpha value is -3.60. The number of para-hydroxylation sites is 1. The Bertz CT molecular complexity index is 1120. The molecule has 27 heavy (non-hydrogen) atoms. The third-order valence-corrected chi connectivity index (χ3v) is 4.40. The first-order valence-corrected chi connectivity index (χ1v) is 8.66. The Kier molecular flexibility index (Phi) is 4.34. The normalized spacial score (nSPS) is 10.7. The third-order valence-electron chi connectivity index (χ3n) is 4.40. The third kappa shape index (κ3) is 3.40. The second-order valence-corrected chi connectivity index (χ2v) is 6.44. The maximum atomic E-state index is 13.0. The maximum Gasteiger partial charge on any atom is 0.257 e. The second-order valence-electron chi connectivity index (χ2n) is 6.44. The smallest absolute Gasteiger partial charge is 0.257 e. The Morgan fingerprint density at radius 3 is 2.63 bits per heavy atom. The van der Waals surface area contributed by atoms with Crippen LogP contribution in [0.15, 0.2) is 67.1 Å². The molecule has 0 aliphatic heterocycles. The molecule has 0 saturated heterocycles. The van der Waals surface area contributed by atoms with E-state index in [1.165, 1.54) is 0 Å². The monoisotopic (exact) mass is 354 g/mol. The number of hydrogen-bond donors (Lipinski definition) is 1. The number of anilines is 1. The molecule has 0 aliphatic carbocycles. The van der Waals surface area contributed by atoms with Crippen molar-refractivity contribution in [1.29, 1.82) is 0 Å². The molecule has 5 heteroatoms. The van der Waals surface area contributed by atoms with Crippen molar-refractivity contribution in [2.75, 3.05) is 5.32 Å². The van der Waals surface area contributed by atoms with Crippen molar-refractivity contribution in [1.82, 2.24) is 15.0 Å². The summed E-state index contributed by atoms with van der Waals surface area (Å²) >= 11 is 0. The molecule has 0 atom stereocenters. The van der Waals surface area contributed by atoms with E-state index in [0.29, 0.717) is 17.1 Å². The van der Waals surface area contributed by atoms with E-state index in [-0.39, 0.29) is 5.91 Å². The Balaban J connectivity index is 1.84. The number of nitrogens with one attached hydrogen (secondary N) is 1. The minimum atomic E-state index is -0.213. The first-order valence-electron chi connectivity index (χ1n) is 8.66. The highest BCUT2D eigenvalue weighted by atomic mass is 16.1. The van der Waals surface area contributed by atoms with Gasteiger partial charge in [-0.3, -0.25) is 9.78 Å². The van der Waals surface area contributed by atoms with E-state index in [0.717, 1.165) is 27.6 Å². The van der Waals surface area contributed by atoms with E-state index < -0.39 is 0 Å². The molecule has 0 unspecified atom stereocenters. The lowest BCUT2D eigenvalue weighted by molar-refractivity contribution is 0.102. The lowest BCUT2D eigenvalue weighted by Crippen LogP contribution is -2.14. The minimum absolute atomic E-state index is 0.213. The van der Waals surface area contributed by atoms with Crippen LogP contribution in [0, 0.1) is 13.8 Å². The molecule has 3 heterocycles. The maximum absolute atomic E-state index is 13.0. The molecule has 0 bridgehead atoms. The van der Waals surface area contributed by atoms with E-state index in [4.69, 9.17) is 4.98 Å². The number of carbonyl (C=O) groups excluding carboxylic acids is 1. The average Bonchev–Trinajstić information content (AvgIpc) is 2.70. The molecule has 1 N–H and O–H groups in total. The van der Waals surface area contributed by atoms with Crippen LogP contribution in [0.25, 0.3) is 22.2 Å². The number of rotatable bonds is 3. The van der Waals surface area contributed by atoms with Crippen molar-refractivity contribution in [2.24, 2.45) is 0 Å². The van der Waals surface area contributed by atoms with Gasteiger partial charge < -0.3 is 5.32 Å². The number of fused-ring (bicyclic) bond motifs is 1. The summed E-state index contributed by atoms with van der Waals surface area (Å²) in [7, 11) is 0. The number of carbonyl (C=O) groups is 1. The van der Waals surface area contributed by atoms with Crippen LogP contribution in [0.1, 0.15) is 21.5 Å². The predicted octanol–water partition coefficient (Wildman–Crippen LogP) is 4.56. The fourth-order valence-electron chi connectivity index (χ4n) is 2.97. The fraction of sp³-hybridized carbons (Fsp3) is 0.0909. The molecule has 3 aromatic heterocycles. The number of hydrogen-bond acceptors (Lipinski definition) is 4. The van der Waals surface area contributed by atoms with Crippen molar-refractivity contribution in [3.8, 4) is 11.3 Å². The molecule has 0 radical (unpaired) electrons. The minimum Gasteiger partial charge on any atom is -0.307 e. The van der Waals surface area contributed by atoms with Gasteiger partial charge >= 0.3 is 0 Å². The lowest BCUT2D eigenvalue weighted by atomic mass is 10.0. The summed E-state index contributed by atoms with van der Waals surface area (Å²) in [6.45, 7) is 3.95. The van der Waals surface area contributed by atoms with Crippen molar-refractivity contribution in [3.05, 3.63) is 83.8 Å². The van der Waals surface area contributed by atoms with Crippen molar-refractivity contribution >= 4 is 22.6 Å². The van der Waals surface area contributed by atoms with Crippen LogP contribution in [-0.4, -0.2) is 20.9 Å². The molecule has 5 nitrogen and oxygen atoms in total. The molecule has 4 aromatic rings. The first kappa shape index (κ1) is 16.8. The zero-order valence-corrected chi connectivity index (χ0v) is 15.1. The molecule has 0 aliphatic rings. The van der Waals surface area contributed by atoms with Crippen molar-refractivity contribution < 1.29 is 4.79 Å². The number of aromatic nitrogens is 3. The summed E-state index contributed by atoms with van der Waals surface area (Å²) < 4.78 is 0. The van der Waals surface area contributed by atoms with Gasteiger partial charge in [0, 0.05) is 29.5 Å². The van der Waals surface area contributed by atoms with Crippen LogP contribution >= 0.6 is 0 Å². The quantitative estimate of drug-likeness (QED) is 0.585. The van der Waals surface area contributed by atoms with E-state index >= 15 is 0 Å². The molecule has 4 rings (SSSR count). The van der Waals surface area contributed by atoms with Crippen LogP contribution in [0.3, 0.4) is 0 Å². The average molecular weight is 354 g/mol. The van der Waals surface area contributed by atoms with E-state index in [9.17, 15) is 4.79 Å². The van der Waals surface area contributed by atoms with Gasteiger partial charge in [0.25, 0.3) is 5.91 Å². The van der Waals surface area contributed by atoms with Crippen LogP contribution in [0.4, 0.5) is 5.82 Å². The molecule has 0 saturated carbocycles. The molecule has 1 amide bonds. The van der Waals surface area contributed by atoms with Crippen molar-refractivity contribution in [3.63, 3.8) is 0 Å². The van der Waals surface area contributed by atoms with Gasteiger partial charge in [-0.05, 0) is 49.2 Å². The molecular weight excluding hydrogens is 336 g/mol. The summed E-state index contributed by atoms with van der Waals surface area (Å²) in [5.41, 5.74) is 5.00. The molecule has 0 spiro atoms. The van der Waals surface area contributed by atoms with Crippen LogP contribution in [0.2, 0.25) is 0 Å². The number of aryl methyl sites for hydroxylation is 2. The SMILES string of the molecule is Cc1ccc(NC(=O)c2cc(-c3cccnc3)nc3c(C)cccc23)nc1. The van der Waals surface area contributed by atoms with Gasteiger partial charge in [-0.2, -0.15) is 0 Å². The molecule has 132 valence electrons. The number of nitrogens with zero attached hydrogens (tertiary/aromatic N) is 3. The zero-order chi connectivity index (χ0) is 18.8. The van der Waals surface area contributed by atoms with Crippen molar-refractivity contribution in [2.45, 2.75) is 13.8 Å². The van der Waals surface area contributed by atoms with Crippen LogP contribution < -0.4 is 5.32 Å². The zero-order valence-electron chi connectivity index (χ0n) is 15.1. The number of benzene rings is 1. The van der Waals surface area contributed by atoms with Gasteiger partial charge in [-0.25, -0.2) is 9.97 Å². The summed E-state index contributed by atoms with van der Waals surface area (Å²) in [5, 5.41) is 3.69. The van der Waals surface area contributed by atoms with Gasteiger partial charge in [-0.1, -0.05) is 24.3 Å². The summed E-state index contributed by atoms with van der Waals surface area (Å²) in [4.78, 5) is 26.2. The Labute approximate surface area is 157 Å². The second kappa shape index (κ2) is 6.96. The number of pyridine rings is 3. The van der Waals surface area contributed by atoms with E-state index in [1.807, 2.05) is 56.3 Å².